The summed E-state index contributed by atoms with van der Waals surface area (Å²) in [6.07, 6.45) is 12.7. The summed E-state index contributed by atoms with van der Waals surface area (Å²) in [7, 11) is 0. The molecule has 0 amide bonds. The van der Waals surface area contributed by atoms with Crippen molar-refractivity contribution in [2.45, 2.75) is 76.7 Å². The lowest BCUT2D eigenvalue weighted by Gasteiger charge is -2.40. The molecule has 1 N–H and O–H groups in total. The van der Waals surface area contributed by atoms with E-state index in [2.05, 4.69) is 6.92 Å². The molecule has 0 heterocycles. The maximum atomic E-state index is 10.7. The number of rotatable bonds is 3. The van der Waals surface area contributed by atoms with Gasteiger partial charge < -0.3 is 5.11 Å². The fourth-order valence-electron chi connectivity index (χ4n) is 3.75. The molecule has 0 aromatic carbocycles. The highest BCUT2D eigenvalue weighted by atomic mass is 16.3. The van der Waals surface area contributed by atoms with Crippen molar-refractivity contribution < 1.29 is 5.11 Å². The first-order chi connectivity index (χ1) is 7.24. The van der Waals surface area contributed by atoms with Crippen molar-refractivity contribution in [2.24, 2.45) is 11.8 Å². The van der Waals surface area contributed by atoms with E-state index in [4.69, 9.17) is 0 Å². The van der Waals surface area contributed by atoms with Crippen molar-refractivity contribution in [1.29, 1.82) is 0 Å². The third kappa shape index (κ3) is 2.55. The third-order valence-corrected chi connectivity index (χ3v) is 4.78. The van der Waals surface area contributed by atoms with Gasteiger partial charge in [0.25, 0.3) is 0 Å². The molecular weight excluding hydrogens is 184 g/mol. The van der Waals surface area contributed by atoms with Crippen LogP contribution in [0.4, 0.5) is 0 Å². The summed E-state index contributed by atoms with van der Waals surface area (Å²) in [5, 5.41) is 10.7. The molecule has 2 fully saturated rings. The molecule has 2 aliphatic carbocycles. The fraction of sp³-hybridized carbons (Fsp3) is 1.00. The van der Waals surface area contributed by atoms with Gasteiger partial charge in [0.05, 0.1) is 5.60 Å². The smallest absolute Gasteiger partial charge is 0.0676 e. The molecule has 1 nitrogen and oxygen atoms in total. The first-order valence-electron chi connectivity index (χ1n) is 6.97. The Morgan fingerprint density at radius 2 is 1.67 bits per heavy atom. The van der Waals surface area contributed by atoms with Crippen molar-refractivity contribution >= 4 is 0 Å². The number of hydrogen-bond donors (Lipinski definition) is 1. The maximum Gasteiger partial charge on any atom is 0.0676 e. The predicted octanol–water partition coefficient (Wildman–Crippen LogP) is 3.90. The summed E-state index contributed by atoms with van der Waals surface area (Å²) < 4.78 is 0. The highest BCUT2D eigenvalue weighted by Crippen LogP contribution is 2.44. The minimum absolute atomic E-state index is 0.263. The predicted molar refractivity (Wildman–Crippen MR) is 63.8 cm³/mol. The van der Waals surface area contributed by atoms with Gasteiger partial charge in [0.1, 0.15) is 0 Å². The van der Waals surface area contributed by atoms with Gasteiger partial charge in [-0.3, -0.25) is 0 Å². The van der Waals surface area contributed by atoms with Crippen LogP contribution in [0.2, 0.25) is 0 Å². The van der Waals surface area contributed by atoms with Gasteiger partial charge in [0.15, 0.2) is 0 Å². The van der Waals surface area contributed by atoms with Crippen LogP contribution in [0.25, 0.3) is 0 Å². The zero-order chi connectivity index (χ0) is 10.7. The molecule has 2 aliphatic rings. The highest BCUT2D eigenvalue weighted by molar-refractivity contribution is 4.92. The molecule has 0 aliphatic heterocycles. The topological polar surface area (TPSA) is 20.2 Å². The molecule has 0 atom stereocenters. The summed E-state index contributed by atoms with van der Waals surface area (Å²) in [6.45, 7) is 2.28. The Morgan fingerprint density at radius 3 is 2.20 bits per heavy atom. The van der Waals surface area contributed by atoms with Crippen molar-refractivity contribution in [1.82, 2.24) is 0 Å². The van der Waals surface area contributed by atoms with E-state index in [1.165, 1.54) is 51.4 Å². The Hall–Kier alpha value is -0.0400. The van der Waals surface area contributed by atoms with Crippen molar-refractivity contribution in [3.63, 3.8) is 0 Å². The molecule has 0 radical (unpaired) electrons. The zero-order valence-corrected chi connectivity index (χ0v) is 10.2. The molecule has 2 saturated carbocycles. The molecule has 15 heavy (non-hydrogen) atoms. The Kier molecular flexibility index (Phi) is 3.71. The summed E-state index contributed by atoms with van der Waals surface area (Å²) in [6, 6.07) is 0. The fourth-order valence-corrected chi connectivity index (χ4v) is 3.75. The third-order valence-electron chi connectivity index (χ3n) is 4.78. The first kappa shape index (κ1) is 11.4. The van der Waals surface area contributed by atoms with E-state index in [0.29, 0.717) is 5.92 Å². The van der Waals surface area contributed by atoms with E-state index in [0.717, 1.165) is 18.8 Å². The monoisotopic (exact) mass is 210 g/mol. The van der Waals surface area contributed by atoms with Crippen LogP contribution in [0.1, 0.15) is 71.1 Å². The lowest BCUT2D eigenvalue weighted by atomic mass is 9.71. The minimum Gasteiger partial charge on any atom is -0.390 e. The van der Waals surface area contributed by atoms with Crippen LogP contribution >= 0.6 is 0 Å². The summed E-state index contributed by atoms with van der Waals surface area (Å²) in [5.74, 6) is 1.55. The van der Waals surface area contributed by atoms with Crippen molar-refractivity contribution in [3.05, 3.63) is 0 Å². The van der Waals surface area contributed by atoms with E-state index in [1.807, 2.05) is 0 Å². The Balaban J connectivity index is 1.84. The highest BCUT2D eigenvalue weighted by Gasteiger charge is 2.40. The van der Waals surface area contributed by atoms with Gasteiger partial charge in [0, 0.05) is 0 Å². The van der Waals surface area contributed by atoms with Gasteiger partial charge in [-0.2, -0.15) is 0 Å². The van der Waals surface area contributed by atoms with Gasteiger partial charge >= 0.3 is 0 Å². The molecule has 0 saturated heterocycles. The van der Waals surface area contributed by atoms with E-state index in [-0.39, 0.29) is 5.60 Å². The average Bonchev–Trinajstić information content (AvgIpc) is 2.76. The summed E-state index contributed by atoms with van der Waals surface area (Å²) in [4.78, 5) is 0. The van der Waals surface area contributed by atoms with E-state index in [1.54, 1.807) is 0 Å². The standard InChI is InChI=1S/C14H26O/c1-2-5-12-8-10-14(15,11-9-12)13-6-3-4-7-13/h12-13,15H,2-11H2,1H3. The SMILES string of the molecule is CCCC1CCC(O)(C2CCCC2)CC1. The molecule has 0 aromatic rings. The van der Waals surface area contributed by atoms with Crippen LogP contribution in [-0.4, -0.2) is 10.7 Å². The Labute approximate surface area is 94.3 Å². The lowest BCUT2D eigenvalue weighted by molar-refractivity contribution is -0.0579. The molecule has 0 bridgehead atoms. The van der Waals surface area contributed by atoms with Crippen LogP contribution in [-0.2, 0) is 0 Å². The van der Waals surface area contributed by atoms with Crippen molar-refractivity contribution in [3.8, 4) is 0 Å². The first-order valence-corrected chi connectivity index (χ1v) is 6.97. The van der Waals surface area contributed by atoms with Crippen LogP contribution in [0.3, 0.4) is 0 Å². The summed E-state index contributed by atoms with van der Waals surface area (Å²) in [5.41, 5.74) is -0.263. The quantitative estimate of drug-likeness (QED) is 0.749. The van der Waals surface area contributed by atoms with Crippen LogP contribution in [0, 0.1) is 11.8 Å². The van der Waals surface area contributed by atoms with Gasteiger partial charge in [-0.15, -0.1) is 0 Å². The second-order valence-corrected chi connectivity index (χ2v) is 5.82. The van der Waals surface area contributed by atoms with E-state index in [9.17, 15) is 5.11 Å². The largest absolute Gasteiger partial charge is 0.390 e. The molecule has 0 aromatic heterocycles. The maximum absolute atomic E-state index is 10.7. The normalized spacial score (nSPS) is 38.4. The summed E-state index contributed by atoms with van der Waals surface area (Å²) >= 11 is 0. The van der Waals surface area contributed by atoms with Crippen molar-refractivity contribution in [2.75, 3.05) is 0 Å². The second kappa shape index (κ2) is 4.86. The minimum atomic E-state index is -0.263. The van der Waals surface area contributed by atoms with Crippen LogP contribution < -0.4 is 0 Å². The number of hydrogen-bond acceptors (Lipinski definition) is 1. The molecule has 2 rings (SSSR count). The van der Waals surface area contributed by atoms with Gasteiger partial charge in [0.2, 0.25) is 0 Å². The lowest BCUT2D eigenvalue weighted by Crippen LogP contribution is -2.40. The van der Waals surface area contributed by atoms with Gasteiger partial charge in [-0.25, -0.2) is 0 Å². The van der Waals surface area contributed by atoms with Gasteiger partial charge in [-0.05, 0) is 50.4 Å². The molecule has 0 spiro atoms. The Bertz CT molecular complexity index is 186. The zero-order valence-electron chi connectivity index (χ0n) is 10.2. The molecule has 1 heteroatoms. The Morgan fingerprint density at radius 1 is 1.07 bits per heavy atom. The van der Waals surface area contributed by atoms with E-state index < -0.39 is 0 Å². The molecule has 0 unspecified atom stereocenters. The van der Waals surface area contributed by atoms with E-state index >= 15 is 0 Å². The second-order valence-electron chi connectivity index (χ2n) is 5.82. The van der Waals surface area contributed by atoms with Gasteiger partial charge in [-0.1, -0.05) is 32.6 Å². The van der Waals surface area contributed by atoms with Crippen LogP contribution in [0.5, 0.6) is 0 Å². The molecule has 88 valence electrons. The average molecular weight is 210 g/mol. The molecular formula is C14H26O. The number of aliphatic hydroxyl groups is 1. The van der Waals surface area contributed by atoms with Crippen LogP contribution in [0.15, 0.2) is 0 Å².